The van der Waals surface area contributed by atoms with Crippen LogP contribution >= 0.6 is 0 Å². The standard InChI is InChI=1S/C9H6FN3O2/c10-7-2-1-3-8(11-7)12-9(14)6-4-5-15-13-6/h1-5H,(H,11,12,14). The van der Waals surface area contributed by atoms with Crippen LogP contribution in [0.1, 0.15) is 10.5 Å². The molecule has 2 aromatic rings. The van der Waals surface area contributed by atoms with Crippen molar-refractivity contribution in [1.29, 1.82) is 0 Å². The molecule has 2 aromatic heterocycles. The quantitative estimate of drug-likeness (QED) is 0.757. The molecule has 0 atom stereocenters. The van der Waals surface area contributed by atoms with Gasteiger partial charge in [-0.25, -0.2) is 4.98 Å². The molecule has 2 heterocycles. The molecule has 0 unspecified atom stereocenters. The number of aromatic nitrogens is 2. The molecule has 0 bridgehead atoms. The van der Waals surface area contributed by atoms with Crippen LogP contribution in [0.4, 0.5) is 10.2 Å². The Bertz CT molecular complexity index is 470. The zero-order valence-electron chi connectivity index (χ0n) is 7.48. The first-order valence-corrected chi connectivity index (χ1v) is 4.10. The molecule has 0 aliphatic rings. The maximum atomic E-state index is 12.7. The lowest BCUT2D eigenvalue weighted by molar-refractivity contribution is 0.101. The third-order valence-corrected chi connectivity index (χ3v) is 1.63. The first-order chi connectivity index (χ1) is 7.25. The van der Waals surface area contributed by atoms with Gasteiger partial charge in [-0.2, -0.15) is 4.39 Å². The van der Waals surface area contributed by atoms with Crippen molar-refractivity contribution in [3.8, 4) is 0 Å². The second-order valence-corrected chi connectivity index (χ2v) is 2.68. The van der Waals surface area contributed by atoms with Crippen molar-refractivity contribution >= 4 is 11.7 Å². The number of nitrogens with zero attached hydrogens (tertiary/aromatic N) is 2. The molecule has 0 aromatic carbocycles. The average molecular weight is 207 g/mol. The Morgan fingerprint density at radius 1 is 1.40 bits per heavy atom. The van der Waals surface area contributed by atoms with Crippen LogP contribution in [0.3, 0.4) is 0 Å². The van der Waals surface area contributed by atoms with Gasteiger partial charge in [0, 0.05) is 6.07 Å². The van der Waals surface area contributed by atoms with Crippen LogP contribution in [-0.2, 0) is 0 Å². The number of anilines is 1. The van der Waals surface area contributed by atoms with Gasteiger partial charge in [0.05, 0.1) is 0 Å². The number of amides is 1. The lowest BCUT2D eigenvalue weighted by Crippen LogP contribution is -2.13. The second-order valence-electron chi connectivity index (χ2n) is 2.68. The molecule has 0 saturated heterocycles. The van der Waals surface area contributed by atoms with Gasteiger partial charge in [-0.05, 0) is 12.1 Å². The molecule has 0 radical (unpaired) electrons. The van der Waals surface area contributed by atoms with Crippen molar-refractivity contribution in [2.75, 3.05) is 5.32 Å². The Labute approximate surface area is 83.9 Å². The molecular weight excluding hydrogens is 201 g/mol. The highest BCUT2D eigenvalue weighted by molar-refractivity contribution is 6.02. The molecule has 2 rings (SSSR count). The van der Waals surface area contributed by atoms with E-state index in [4.69, 9.17) is 0 Å². The van der Waals surface area contributed by atoms with Gasteiger partial charge in [0.1, 0.15) is 12.1 Å². The summed E-state index contributed by atoms with van der Waals surface area (Å²) >= 11 is 0. The normalized spacial score (nSPS) is 9.93. The lowest BCUT2D eigenvalue weighted by atomic mass is 10.4. The topological polar surface area (TPSA) is 68.0 Å². The van der Waals surface area contributed by atoms with Gasteiger partial charge in [0.2, 0.25) is 5.95 Å². The molecule has 0 spiro atoms. The lowest BCUT2D eigenvalue weighted by Gasteiger charge is -2.00. The average Bonchev–Trinajstić information content (AvgIpc) is 2.70. The first-order valence-electron chi connectivity index (χ1n) is 4.10. The van der Waals surface area contributed by atoms with Crippen LogP contribution in [-0.4, -0.2) is 16.0 Å². The molecule has 1 amide bonds. The summed E-state index contributed by atoms with van der Waals surface area (Å²) < 4.78 is 17.2. The monoisotopic (exact) mass is 207 g/mol. The van der Waals surface area contributed by atoms with Crippen molar-refractivity contribution < 1.29 is 13.7 Å². The van der Waals surface area contributed by atoms with E-state index in [-0.39, 0.29) is 11.5 Å². The van der Waals surface area contributed by atoms with Gasteiger partial charge in [0.25, 0.3) is 5.91 Å². The highest BCUT2D eigenvalue weighted by Gasteiger charge is 2.09. The number of halogens is 1. The summed E-state index contributed by atoms with van der Waals surface area (Å²) in [6, 6.07) is 5.50. The van der Waals surface area contributed by atoms with E-state index in [1.807, 2.05) is 0 Å². The fourth-order valence-electron chi connectivity index (χ4n) is 0.988. The Morgan fingerprint density at radius 2 is 2.27 bits per heavy atom. The molecular formula is C9H6FN3O2. The molecule has 5 nitrogen and oxygen atoms in total. The number of hydrogen-bond acceptors (Lipinski definition) is 4. The van der Waals surface area contributed by atoms with Crippen LogP contribution in [0, 0.1) is 5.95 Å². The molecule has 0 aliphatic carbocycles. The number of nitrogens with one attached hydrogen (secondary N) is 1. The maximum Gasteiger partial charge on any atom is 0.278 e. The second kappa shape index (κ2) is 3.87. The molecule has 0 fully saturated rings. The smallest absolute Gasteiger partial charge is 0.278 e. The molecule has 76 valence electrons. The van der Waals surface area contributed by atoms with Gasteiger partial charge in [-0.15, -0.1) is 0 Å². The van der Waals surface area contributed by atoms with Crippen molar-refractivity contribution in [2.45, 2.75) is 0 Å². The van der Waals surface area contributed by atoms with Gasteiger partial charge in [-0.1, -0.05) is 11.2 Å². The van der Waals surface area contributed by atoms with Crippen LogP contribution in [0.25, 0.3) is 0 Å². The van der Waals surface area contributed by atoms with E-state index in [9.17, 15) is 9.18 Å². The fourth-order valence-corrected chi connectivity index (χ4v) is 0.988. The van der Waals surface area contributed by atoms with E-state index in [2.05, 4.69) is 20.0 Å². The van der Waals surface area contributed by atoms with E-state index in [0.717, 1.165) is 0 Å². The first kappa shape index (κ1) is 9.32. The zero-order chi connectivity index (χ0) is 10.7. The molecule has 0 aliphatic heterocycles. The summed E-state index contributed by atoms with van der Waals surface area (Å²) in [5, 5.41) is 5.80. The summed E-state index contributed by atoms with van der Waals surface area (Å²) in [7, 11) is 0. The van der Waals surface area contributed by atoms with E-state index >= 15 is 0 Å². The predicted octanol–water partition coefficient (Wildman–Crippen LogP) is 1.46. The van der Waals surface area contributed by atoms with Crippen molar-refractivity contribution in [1.82, 2.24) is 10.1 Å². The maximum absolute atomic E-state index is 12.7. The van der Waals surface area contributed by atoms with Gasteiger partial charge in [-0.3, -0.25) is 4.79 Å². The zero-order valence-corrected chi connectivity index (χ0v) is 7.48. The summed E-state index contributed by atoms with van der Waals surface area (Å²) in [6.07, 6.45) is 1.27. The molecule has 1 N–H and O–H groups in total. The molecule has 0 saturated carbocycles. The summed E-state index contributed by atoms with van der Waals surface area (Å²) in [4.78, 5) is 14.9. The fraction of sp³-hybridized carbons (Fsp3) is 0. The largest absolute Gasteiger partial charge is 0.364 e. The van der Waals surface area contributed by atoms with E-state index in [0.29, 0.717) is 0 Å². The van der Waals surface area contributed by atoms with Gasteiger partial charge < -0.3 is 9.84 Å². The van der Waals surface area contributed by atoms with Crippen LogP contribution in [0.5, 0.6) is 0 Å². The molecule has 15 heavy (non-hydrogen) atoms. The third kappa shape index (κ3) is 2.16. The van der Waals surface area contributed by atoms with Crippen LogP contribution in [0.15, 0.2) is 35.1 Å². The van der Waals surface area contributed by atoms with Crippen molar-refractivity contribution in [2.24, 2.45) is 0 Å². The summed E-state index contributed by atoms with van der Waals surface area (Å²) in [5.74, 6) is -1.03. The van der Waals surface area contributed by atoms with E-state index in [1.165, 1.54) is 30.5 Å². The number of carbonyl (C=O) groups is 1. The Balaban J connectivity index is 2.13. The minimum absolute atomic E-state index is 0.112. The highest BCUT2D eigenvalue weighted by atomic mass is 19.1. The number of pyridine rings is 1. The highest BCUT2D eigenvalue weighted by Crippen LogP contribution is 2.05. The van der Waals surface area contributed by atoms with Crippen LogP contribution in [0.2, 0.25) is 0 Å². The van der Waals surface area contributed by atoms with Crippen molar-refractivity contribution in [3.63, 3.8) is 0 Å². The van der Waals surface area contributed by atoms with Crippen molar-refractivity contribution in [3.05, 3.63) is 42.2 Å². The SMILES string of the molecule is O=C(Nc1cccc(F)n1)c1ccon1. The Hall–Kier alpha value is -2.24. The number of rotatable bonds is 2. The van der Waals surface area contributed by atoms with Gasteiger partial charge in [0.15, 0.2) is 5.69 Å². The predicted molar refractivity (Wildman–Crippen MR) is 48.7 cm³/mol. The van der Waals surface area contributed by atoms with Crippen LogP contribution < -0.4 is 5.32 Å². The van der Waals surface area contributed by atoms with E-state index < -0.39 is 11.9 Å². The minimum atomic E-state index is -0.659. The van der Waals surface area contributed by atoms with E-state index in [1.54, 1.807) is 0 Å². The minimum Gasteiger partial charge on any atom is -0.364 e. The summed E-state index contributed by atoms with van der Waals surface area (Å²) in [5.41, 5.74) is 0.112. The van der Waals surface area contributed by atoms with Gasteiger partial charge >= 0.3 is 0 Å². The third-order valence-electron chi connectivity index (χ3n) is 1.63. The number of hydrogen-bond donors (Lipinski definition) is 1. The Kier molecular flexibility index (Phi) is 2.40. The molecule has 6 heteroatoms. The number of carbonyl (C=O) groups excluding carboxylic acids is 1. The summed E-state index contributed by atoms with van der Waals surface area (Å²) in [6.45, 7) is 0. The Morgan fingerprint density at radius 3 is 2.93 bits per heavy atom.